The Morgan fingerprint density at radius 3 is 2.43 bits per heavy atom. The lowest BCUT2D eigenvalue weighted by Crippen LogP contribution is -2.28. The predicted octanol–water partition coefficient (Wildman–Crippen LogP) is 4.22. The van der Waals surface area contributed by atoms with Gasteiger partial charge in [0.1, 0.15) is 11.6 Å². The summed E-state index contributed by atoms with van der Waals surface area (Å²) >= 11 is 0. The molecule has 2 aromatic carbocycles. The van der Waals surface area contributed by atoms with Crippen LogP contribution in [0.5, 0.6) is 5.75 Å². The molecule has 2 N–H and O–H groups in total. The fourth-order valence-corrected chi connectivity index (χ4v) is 2.88. The number of ether oxygens (including phenoxy) is 1. The molecule has 2 amide bonds. The second-order valence-corrected chi connectivity index (χ2v) is 7.94. The van der Waals surface area contributed by atoms with Crippen LogP contribution >= 0.6 is 0 Å². The number of aromatic nitrogens is 2. The fraction of sp³-hybridized carbons (Fsp3) is 0.261. The summed E-state index contributed by atoms with van der Waals surface area (Å²) < 4.78 is 7.38. The van der Waals surface area contributed by atoms with Crippen LogP contribution in [-0.2, 0) is 10.3 Å². The molecular formula is C23H26N4O3. The Hall–Kier alpha value is -3.61. The smallest absolute Gasteiger partial charge is 0.263 e. The van der Waals surface area contributed by atoms with E-state index in [1.54, 1.807) is 53.2 Å². The van der Waals surface area contributed by atoms with Crippen molar-refractivity contribution in [1.82, 2.24) is 9.78 Å². The van der Waals surface area contributed by atoms with Gasteiger partial charge in [0.25, 0.3) is 11.8 Å². The maximum Gasteiger partial charge on any atom is 0.263 e. The molecule has 0 radical (unpaired) electrons. The monoisotopic (exact) mass is 406 g/mol. The lowest BCUT2D eigenvalue weighted by atomic mass is 10.1. The van der Waals surface area contributed by atoms with Gasteiger partial charge in [0.2, 0.25) is 0 Å². The van der Waals surface area contributed by atoms with Gasteiger partial charge in [0, 0.05) is 23.4 Å². The number of anilines is 2. The highest BCUT2D eigenvalue weighted by Gasteiger charge is 2.20. The average Bonchev–Trinajstić information content (AvgIpc) is 3.08. The zero-order valence-corrected chi connectivity index (χ0v) is 17.6. The maximum absolute atomic E-state index is 12.4. The van der Waals surface area contributed by atoms with E-state index in [2.05, 4.69) is 15.7 Å². The molecule has 7 heteroatoms. The largest absolute Gasteiger partial charge is 0.484 e. The Kier molecular flexibility index (Phi) is 6.20. The third kappa shape index (κ3) is 5.47. The quantitative estimate of drug-likeness (QED) is 0.642. The van der Waals surface area contributed by atoms with Gasteiger partial charge in [0.05, 0.1) is 11.2 Å². The summed E-state index contributed by atoms with van der Waals surface area (Å²) in [6.07, 6.45) is 0. The van der Waals surface area contributed by atoms with Crippen LogP contribution in [0.4, 0.5) is 11.5 Å². The molecule has 0 saturated heterocycles. The van der Waals surface area contributed by atoms with Crippen molar-refractivity contribution in [2.45, 2.75) is 33.2 Å². The first kappa shape index (κ1) is 21.1. The number of amides is 2. The zero-order chi connectivity index (χ0) is 21.7. The van der Waals surface area contributed by atoms with Crippen molar-refractivity contribution in [2.24, 2.45) is 0 Å². The minimum absolute atomic E-state index is 0.162. The lowest BCUT2D eigenvalue weighted by molar-refractivity contribution is -0.118. The molecule has 3 rings (SSSR count). The summed E-state index contributed by atoms with van der Waals surface area (Å²) in [6.45, 7) is 7.76. The van der Waals surface area contributed by atoms with Crippen LogP contribution in [0, 0.1) is 6.92 Å². The van der Waals surface area contributed by atoms with E-state index in [-0.39, 0.29) is 24.0 Å². The average molecular weight is 406 g/mol. The van der Waals surface area contributed by atoms with Crippen LogP contribution in [0.25, 0.3) is 0 Å². The van der Waals surface area contributed by atoms with Crippen molar-refractivity contribution in [3.8, 4) is 5.75 Å². The molecule has 0 fully saturated rings. The van der Waals surface area contributed by atoms with Crippen LogP contribution in [0.1, 0.15) is 36.8 Å². The lowest BCUT2D eigenvalue weighted by Gasteiger charge is -2.22. The van der Waals surface area contributed by atoms with Crippen LogP contribution < -0.4 is 15.4 Å². The topological polar surface area (TPSA) is 85.3 Å². The second kappa shape index (κ2) is 8.82. The molecule has 0 aliphatic carbocycles. The Labute approximate surface area is 176 Å². The van der Waals surface area contributed by atoms with Crippen molar-refractivity contribution in [2.75, 3.05) is 17.2 Å². The summed E-state index contributed by atoms with van der Waals surface area (Å²) in [7, 11) is 0. The van der Waals surface area contributed by atoms with Gasteiger partial charge in [-0.1, -0.05) is 24.3 Å². The van der Waals surface area contributed by atoms with Gasteiger partial charge < -0.3 is 15.4 Å². The highest BCUT2D eigenvalue weighted by molar-refractivity contribution is 6.04. The second-order valence-electron chi connectivity index (χ2n) is 7.94. The molecule has 0 atom stereocenters. The summed E-state index contributed by atoms with van der Waals surface area (Å²) in [5.74, 6) is 0.601. The van der Waals surface area contributed by atoms with E-state index in [9.17, 15) is 9.59 Å². The van der Waals surface area contributed by atoms with Crippen LogP contribution in [0.3, 0.4) is 0 Å². The fourth-order valence-electron chi connectivity index (χ4n) is 2.88. The normalized spacial score (nSPS) is 11.1. The number of nitrogens with zero attached hydrogens (tertiary/aromatic N) is 2. The molecule has 156 valence electrons. The standard InChI is InChI=1S/C23H26N4O3/c1-16-13-20(27(26-16)23(2,3)4)25-21(28)15-30-19-12-8-11-18(14-19)24-22(29)17-9-6-5-7-10-17/h5-14H,15H2,1-4H3,(H,24,29)(H,25,28). The molecule has 0 unspecified atom stereocenters. The van der Waals surface area contributed by atoms with Gasteiger partial charge >= 0.3 is 0 Å². The highest BCUT2D eigenvalue weighted by Crippen LogP contribution is 2.22. The molecule has 0 bridgehead atoms. The van der Waals surface area contributed by atoms with E-state index in [0.717, 1.165) is 5.69 Å². The Morgan fingerprint density at radius 2 is 1.73 bits per heavy atom. The number of aryl methyl sites for hydroxylation is 1. The molecule has 7 nitrogen and oxygen atoms in total. The summed E-state index contributed by atoms with van der Waals surface area (Å²) in [5, 5.41) is 10.1. The number of nitrogens with one attached hydrogen (secondary N) is 2. The molecule has 0 saturated carbocycles. The van der Waals surface area contributed by atoms with Gasteiger partial charge in [-0.25, -0.2) is 4.68 Å². The number of rotatable bonds is 6. The summed E-state index contributed by atoms with van der Waals surface area (Å²) in [5.41, 5.74) is 1.71. The van der Waals surface area contributed by atoms with Crippen LogP contribution in [0.15, 0.2) is 60.7 Å². The van der Waals surface area contributed by atoms with Gasteiger partial charge in [-0.3, -0.25) is 9.59 Å². The number of carbonyl (C=O) groups is 2. The van der Waals surface area contributed by atoms with Gasteiger partial charge in [-0.15, -0.1) is 0 Å². The molecular weight excluding hydrogens is 380 g/mol. The molecule has 1 heterocycles. The third-order valence-corrected chi connectivity index (χ3v) is 4.23. The molecule has 1 aromatic heterocycles. The van der Waals surface area contributed by atoms with E-state index >= 15 is 0 Å². The van der Waals surface area contributed by atoms with E-state index in [1.165, 1.54) is 0 Å². The van der Waals surface area contributed by atoms with Gasteiger partial charge in [-0.05, 0) is 52.0 Å². The first-order valence-corrected chi connectivity index (χ1v) is 9.68. The van der Waals surface area contributed by atoms with Crippen molar-refractivity contribution in [1.29, 1.82) is 0 Å². The Balaban J connectivity index is 1.59. The van der Waals surface area contributed by atoms with E-state index in [1.807, 2.05) is 39.8 Å². The minimum atomic E-state index is -0.292. The van der Waals surface area contributed by atoms with E-state index < -0.39 is 0 Å². The predicted molar refractivity (Wildman–Crippen MR) is 117 cm³/mol. The van der Waals surface area contributed by atoms with Crippen molar-refractivity contribution >= 4 is 23.3 Å². The highest BCUT2D eigenvalue weighted by atomic mass is 16.5. The first-order chi connectivity index (χ1) is 14.2. The van der Waals surface area contributed by atoms with Crippen LogP contribution in [-0.4, -0.2) is 28.2 Å². The number of carbonyl (C=O) groups excluding carboxylic acids is 2. The summed E-state index contributed by atoms with van der Waals surface area (Å²) in [4.78, 5) is 24.7. The third-order valence-electron chi connectivity index (χ3n) is 4.23. The number of hydrogen-bond donors (Lipinski definition) is 2. The van der Waals surface area contributed by atoms with Crippen molar-refractivity contribution in [3.63, 3.8) is 0 Å². The molecule has 0 aliphatic heterocycles. The summed E-state index contributed by atoms with van der Waals surface area (Å²) in [6, 6.07) is 17.7. The SMILES string of the molecule is Cc1cc(NC(=O)COc2cccc(NC(=O)c3ccccc3)c2)n(C(C)(C)C)n1. The molecule has 0 aliphatic rings. The van der Waals surface area contributed by atoms with E-state index in [4.69, 9.17) is 4.74 Å². The molecule has 30 heavy (non-hydrogen) atoms. The van der Waals surface area contributed by atoms with Crippen LogP contribution in [0.2, 0.25) is 0 Å². The van der Waals surface area contributed by atoms with E-state index in [0.29, 0.717) is 22.8 Å². The zero-order valence-electron chi connectivity index (χ0n) is 17.6. The minimum Gasteiger partial charge on any atom is -0.484 e. The number of hydrogen-bond acceptors (Lipinski definition) is 4. The first-order valence-electron chi connectivity index (χ1n) is 9.68. The Morgan fingerprint density at radius 1 is 1.00 bits per heavy atom. The Bertz CT molecular complexity index is 1040. The number of benzene rings is 2. The van der Waals surface area contributed by atoms with Crippen molar-refractivity contribution < 1.29 is 14.3 Å². The van der Waals surface area contributed by atoms with Gasteiger partial charge in [0.15, 0.2) is 6.61 Å². The molecule has 3 aromatic rings. The van der Waals surface area contributed by atoms with Crippen molar-refractivity contribution in [3.05, 3.63) is 71.9 Å². The maximum atomic E-state index is 12.4. The van der Waals surface area contributed by atoms with Gasteiger partial charge in [-0.2, -0.15) is 5.10 Å². The molecule has 0 spiro atoms.